The van der Waals surface area contributed by atoms with Crippen molar-refractivity contribution in [3.63, 3.8) is 0 Å². The van der Waals surface area contributed by atoms with Crippen LogP contribution in [0.3, 0.4) is 0 Å². The van der Waals surface area contributed by atoms with Crippen molar-refractivity contribution in [2.24, 2.45) is 0 Å². The van der Waals surface area contributed by atoms with E-state index in [9.17, 15) is 13.9 Å². The first-order valence-electron chi connectivity index (χ1n) is 6.70. The van der Waals surface area contributed by atoms with Crippen LogP contribution in [-0.4, -0.2) is 5.11 Å². The molecule has 1 nitrogen and oxygen atoms in total. The molecule has 1 atom stereocenters. The fourth-order valence-corrected chi connectivity index (χ4v) is 2.19. The Morgan fingerprint density at radius 1 is 0.950 bits per heavy atom. The summed E-state index contributed by atoms with van der Waals surface area (Å²) in [6.07, 6.45) is -0.989. The minimum absolute atomic E-state index is 0.191. The minimum Gasteiger partial charge on any atom is -0.388 e. The Morgan fingerprint density at radius 2 is 1.50 bits per heavy atom. The zero-order chi connectivity index (χ0) is 14.7. The Kier molecular flexibility index (Phi) is 4.50. The third kappa shape index (κ3) is 3.23. The van der Waals surface area contributed by atoms with E-state index in [4.69, 9.17) is 0 Å². The molecule has 0 aliphatic heterocycles. The largest absolute Gasteiger partial charge is 0.388 e. The third-order valence-corrected chi connectivity index (χ3v) is 3.41. The Labute approximate surface area is 117 Å². The molecule has 0 bridgehead atoms. The molecule has 2 aromatic rings. The molecule has 0 aliphatic rings. The van der Waals surface area contributed by atoms with Crippen molar-refractivity contribution >= 4 is 0 Å². The number of halogens is 2. The van der Waals surface area contributed by atoms with E-state index in [1.165, 1.54) is 11.6 Å². The van der Waals surface area contributed by atoms with Crippen LogP contribution in [0.5, 0.6) is 0 Å². The summed E-state index contributed by atoms with van der Waals surface area (Å²) in [6, 6.07) is 11.3. The molecule has 0 fully saturated rings. The van der Waals surface area contributed by atoms with Crippen molar-refractivity contribution in [1.29, 1.82) is 0 Å². The van der Waals surface area contributed by atoms with Gasteiger partial charge in [-0.2, -0.15) is 0 Å². The maximum Gasteiger partial charge on any atom is 0.131 e. The smallest absolute Gasteiger partial charge is 0.131 e. The Balaban J connectivity index is 2.17. The topological polar surface area (TPSA) is 20.2 Å². The third-order valence-electron chi connectivity index (χ3n) is 3.41. The molecule has 0 spiro atoms. The normalized spacial score (nSPS) is 12.7. The lowest BCUT2D eigenvalue weighted by molar-refractivity contribution is 0.168. The first-order valence-corrected chi connectivity index (χ1v) is 6.70. The SMILES string of the molecule is CC(C)c1ccc(CC(O)c2c(F)cccc2F)cc1. The number of rotatable bonds is 4. The fraction of sp³-hybridized carbons (Fsp3) is 0.294. The van der Waals surface area contributed by atoms with E-state index >= 15 is 0 Å². The zero-order valence-corrected chi connectivity index (χ0v) is 11.6. The van der Waals surface area contributed by atoms with Gasteiger partial charge in [-0.3, -0.25) is 0 Å². The van der Waals surface area contributed by atoms with Gasteiger partial charge in [-0.15, -0.1) is 0 Å². The van der Waals surface area contributed by atoms with Crippen molar-refractivity contribution in [3.8, 4) is 0 Å². The summed E-state index contributed by atoms with van der Waals surface area (Å²) in [6.45, 7) is 4.19. The monoisotopic (exact) mass is 276 g/mol. The molecule has 106 valence electrons. The molecule has 20 heavy (non-hydrogen) atoms. The highest BCUT2D eigenvalue weighted by Gasteiger charge is 2.18. The summed E-state index contributed by atoms with van der Waals surface area (Å²) in [5, 5.41) is 10.0. The molecule has 0 aliphatic carbocycles. The lowest BCUT2D eigenvalue weighted by Gasteiger charge is -2.14. The van der Waals surface area contributed by atoms with E-state index in [0.29, 0.717) is 5.92 Å². The number of benzene rings is 2. The predicted octanol–water partition coefficient (Wildman–Crippen LogP) is 4.36. The van der Waals surface area contributed by atoms with Gasteiger partial charge in [0.15, 0.2) is 0 Å². The van der Waals surface area contributed by atoms with Gasteiger partial charge in [-0.1, -0.05) is 44.2 Å². The second-order valence-corrected chi connectivity index (χ2v) is 5.25. The first-order chi connectivity index (χ1) is 9.49. The number of aliphatic hydroxyl groups excluding tert-OH is 1. The second-order valence-electron chi connectivity index (χ2n) is 5.25. The second kappa shape index (κ2) is 6.14. The van der Waals surface area contributed by atoms with Gasteiger partial charge in [0.1, 0.15) is 11.6 Å². The van der Waals surface area contributed by atoms with Gasteiger partial charge >= 0.3 is 0 Å². The molecule has 2 aromatic carbocycles. The Morgan fingerprint density at radius 3 is 2.00 bits per heavy atom. The number of hydrogen-bond acceptors (Lipinski definition) is 1. The van der Waals surface area contributed by atoms with Crippen molar-refractivity contribution in [3.05, 3.63) is 70.8 Å². The minimum atomic E-state index is -1.18. The van der Waals surface area contributed by atoms with E-state index in [-0.39, 0.29) is 12.0 Å². The van der Waals surface area contributed by atoms with Gasteiger partial charge in [0.05, 0.1) is 11.7 Å². The standard InChI is InChI=1S/C17H18F2O/c1-11(2)13-8-6-12(7-9-13)10-16(20)17-14(18)4-3-5-15(17)19/h3-9,11,16,20H,10H2,1-2H3. The van der Waals surface area contributed by atoms with E-state index in [1.807, 2.05) is 24.3 Å². The van der Waals surface area contributed by atoms with Gasteiger partial charge in [0.2, 0.25) is 0 Å². The highest BCUT2D eigenvalue weighted by atomic mass is 19.1. The molecular weight excluding hydrogens is 258 g/mol. The Bertz CT molecular complexity index is 556. The molecule has 0 heterocycles. The first kappa shape index (κ1) is 14.7. The number of hydrogen-bond donors (Lipinski definition) is 1. The van der Waals surface area contributed by atoms with Crippen LogP contribution in [0.4, 0.5) is 8.78 Å². The maximum atomic E-state index is 13.6. The summed E-state index contributed by atoms with van der Waals surface area (Å²) in [4.78, 5) is 0. The lowest BCUT2D eigenvalue weighted by Crippen LogP contribution is -2.07. The maximum absolute atomic E-state index is 13.6. The van der Waals surface area contributed by atoms with E-state index < -0.39 is 17.7 Å². The summed E-state index contributed by atoms with van der Waals surface area (Å²) < 4.78 is 27.1. The van der Waals surface area contributed by atoms with Crippen LogP contribution in [0.1, 0.15) is 42.6 Å². The average molecular weight is 276 g/mol. The summed E-state index contributed by atoms with van der Waals surface area (Å²) in [5.41, 5.74) is 1.78. The van der Waals surface area contributed by atoms with Crippen LogP contribution >= 0.6 is 0 Å². The molecule has 1 unspecified atom stereocenters. The van der Waals surface area contributed by atoms with E-state index in [2.05, 4.69) is 13.8 Å². The van der Waals surface area contributed by atoms with Crippen LogP contribution in [0, 0.1) is 11.6 Å². The van der Waals surface area contributed by atoms with Crippen LogP contribution < -0.4 is 0 Å². The van der Waals surface area contributed by atoms with Crippen molar-refractivity contribution in [2.75, 3.05) is 0 Å². The van der Waals surface area contributed by atoms with Crippen molar-refractivity contribution in [2.45, 2.75) is 32.3 Å². The molecule has 0 amide bonds. The molecule has 1 N–H and O–H groups in total. The molecule has 0 radical (unpaired) electrons. The van der Waals surface area contributed by atoms with E-state index in [1.54, 1.807) is 0 Å². The molecule has 0 saturated heterocycles. The van der Waals surface area contributed by atoms with Gasteiger partial charge in [0.25, 0.3) is 0 Å². The van der Waals surface area contributed by atoms with Crippen LogP contribution in [0.15, 0.2) is 42.5 Å². The summed E-state index contributed by atoms with van der Waals surface area (Å²) in [7, 11) is 0. The van der Waals surface area contributed by atoms with Crippen LogP contribution in [0.25, 0.3) is 0 Å². The fourth-order valence-electron chi connectivity index (χ4n) is 2.19. The van der Waals surface area contributed by atoms with Gasteiger partial charge in [-0.05, 0) is 29.2 Å². The quantitative estimate of drug-likeness (QED) is 0.879. The summed E-state index contributed by atoms with van der Waals surface area (Å²) in [5.74, 6) is -0.995. The highest BCUT2D eigenvalue weighted by Crippen LogP contribution is 2.24. The summed E-state index contributed by atoms with van der Waals surface area (Å²) >= 11 is 0. The highest BCUT2D eigenvalue weighted by molar-refractivity contribution is 5.28. The average Bonchev–Trinajstić information content (AvgIpc) is 2.39. The van der Waals surface area contributed by atoms with Crippen LogP contribution in [-0.2, 0) is 6.42 Å². The number of aliphatic hydroxyl groups is 1. The Hall–Kier alpha value is -1.74. The van der Waals surface area contributed by atoms with Crippen molar-refractivity contribution < 1.29 is 13.9 Å². The molecular formula is C17H18F2O. The van der Waals surface area contributed by atoms with Gasteiger partial charge < -0.3 is 5.11 Å². The predicted molar refractivity (Wildman–Crippen MR) is 75.6 cm³/mol. The van der Waals surface area contributed by atoms with Crippen molar-refractivity contribution in [1.82, 2.24) is 0 Å². The molecule has 0 aromatic heterocycles. The molecule has 2 rings (SSSR count). The van der Waals surface area contributed by atoms with Crippen LogP contribution in [0.2, 0.25) is 0 Å². The van der Waals surface area contributed by atoms with Gasteiger partial charge in [0, 0.05) is 6.42 Å². The molecule has 0 saturated carbocycles. The zero-order valence-electron chi connectivity index (χ0n) is 11.6. The molecule has 3 heteroatoms. The van der Waals surface area contributed by atoms with E-state index in [0.717, 1.165) is 17.7 Å². The lowest BCUT2D eigenvalue weighted by atomic mass is 9.97. The van der Waals surface area contributed by atoms with Gasteiger partial charge in [-0.25, -0.2) is 8.78 Å².